The van der Waals surface area contributed by atoms with Crippen LogP contribution in [0.15, 0.2) is 64.4 Å². The summed E-state index contributed by atoms with van der Waals surface area (Å²) in [5.41, 5.74) is 3.38. The van der Waals surface area contributed by atoms with Crippen LogP contribution in [0.4, 0.5) is 5.69 Å². The first-order valence-electron chi connectivity index (χ1n) is 10.7. The Morgan fingerprint density at radius 3 is 1.97 bits per heavy atom. The molecule has 1 aliphatic heterocycles. The van der Waals surface area contributed by atoms with E-state index in [1.54, 1.807) is 0 Å². The van der Waals surface area contributed by atoms with E-state index in [0.717, 1.165) is 36.5 Å². The topological polar surface area (TPSA) is 121 Å². The normalized spacial score (nSPS) is 15.3. The summed E-state index contributed by atoms with van der Waals surface area (Å²) in [7, 11) is -9.52. The van der Waals surface area contributed by atoms with E-state index in [1.165, 1.54) is 6.07 Å². The number of hydrogen-bond donors (Lipinski definition) is 2. The van der Waals surface area contributed by atoms with Gasteiger partial charge in [-0.25, -0.2) is 0 Å². The van der Waals surface area contributed by atoms with Gasteiger partial charge < -0.3 is 9.64 Å². The van der Waals surface area contributed by atoms with Crippen molar-refractivity contribution in [3.63, 3.8) is 0 Å². The fourth-order valence-electron chi connectivity index (χ4n) is 4.36. The van der Waals surface area contributed by atoms with Crippen molar-refractivity contribution in [3.05, 3.63) is 76.9 Å². The van der Waals surface area contributed by atoms with Crippen molar-refractivity contribution in [2.75, 3.05) is 18.0 Å². The third-order valence-electron chi connectivity index (χ3n) is 6.01. The summed E-state index contributed by atoms with van der Waals surface area (Å²) in [6, 6.07) is 14.4. The molecule has 2 N–H and O–H groups in total. The number of benzene rings is 3. The predicted octanol–water partition coefficient (Wildman–Crippen LogP) is 4.62. The lowest BCUT2D eigenvalue weighted by molar-refractivity contribution is 0.450. The molecule has 8 nitrogen and oxygen atoms in total. The van der Waals surface area contributed by atoms with Crippen LogP contribution in [0.5, 0.6) is 11.5 Å². The summed E-state index contributed by atoms with van der Waals surface area (Å²) >= 11 is 0. The largest absolute Gasteiger partial charge is 0.457 e. The predicted molar refractivity (Wildman–Crippen MR) is 128 cm³/mol. The molecule has 1 unspecified atom stereocenters. The molecular formula is C24H25NO7S2. The number of ether oxygens (including phenoxy) is 1. The second kappa shape index (κ2) is 8.70. The molecule has 0 spiro atoms. The molecule has 0 aromatic heterocycles. The molecule has 10 heteroatoms. The van der Waals surface area contributed by atoms with Crippen molar-refractivity contribution in [2.24, 2.45) is 0 Å². The Bertz CT molecular complexity index is 1480. The van der Waals surface area contributed by atoms with Gasteiger partial charge in [0.15, 0.2) is 0 Å². The molecule has 3 aromatic rings. The van der Waals surface area contributed by atoms with Crippen LogP contribution in [0.1, 0.15) is 42.0 Å². The van der Waals surface area contributed by atoms with Crippen LogP contribution >= 0.6 is 0 Å². The van der Waals surface area contributed by atoms with Crippen LogP contribution < -0.4 is 9.64 Å². The minimum atomic E-state index is -4.83. The van der Waals surface area contributed by atoms with Crippen LogP contribution in [-0.4, -0.2) is 39.0 Å². The molecule has 4 rings (SSSR count). The summed E-state index contributed by atoms with van der Waals surface area (Å²) in [6.45, 7) is 7.57. The van der Waals surface area contributed by atoms with Crippen molar-refractivity contribution >= 4 is 25.9 Å². The van der Waals surface area contributed by atoms with Crippen LogP contribution in [0.2, 0.25) is 0 Å². The first-order valence-corrected chi connectivity index (χ1v) is 13.6. The molecule has 34 heavy (non-hydrogen) atoms. The van der Waals surface area contributed by atoms with Gasteiger partial charge in [-0.05, 0) is 56.2 Å². The van der Waals surface area contributed by atoms with Crippen molar-refractivity contribution in [3.8, 4) is 11.5 Å². The molecule has 0 bridgehead atoms. The molecule has 0 aliphatic carbocycles. The highest BCUT2D eigenvalue weighted by Gasteiger charge is 2.34. The van der Waals surface area contributed by atoms with E-state index in [1.807, 2.05) is 57.2 Å². The van der Waals surface area contributed by atoms with Gasteiger partial charge in [-0.15, -0.1) is 0 Å². The van der Waals surface area contributed by atoms with Gasteiger partial charge in [-0.2, -0.15) is 16.8 Å². The zero-order valence-electron chi connectivity index (χ0n) is 18.9. The van der Waals surface area contributed by atoms with Gasteiger partial charge in [-0.1, -0.05) is 24.3 Å². The van der Waals surface area contributed by atoms with Gasteiger partial charge in [0.25, 0.3) is 20.2 Å². The van der Waals surface area contributed by atoms with Gasteiger partial charge >= 0.3 is 0 Å². The monoisotopic (exact) mass is 503 g/mol. The van der Waals surface area contributed by atoms with Gasteiger partial charge in [0, 0.05) is 41.9 Å². The Kier molecular flexibility index (Phi) is 6.19. The Labute approximate surface area is 199 Å². The average Bonchev–Trinajstić information content (AvgIpc) is 2.76. The fraction of sp³-hybridized carbons (Fsp3) is 0.250. The van der Waals surface area contributed by atoms with E-state index in [9.17, 15) is 25.9 Å². The summed E-state index contributed by atoms with van der Waals surface area (Å²) in [6.07, 6.45) is 0. The number of anilines is 1. The summed E-state index contributed by atoms with van der Waals surface area (Å²) < 4.78 is 73.5. The van der Waals surface area contributed by atoms with Gasteiger partial charge in [0.2, 0.25) is 0 Å². The number of hydrogen-bond acceptors (Lipinski definition) is 6. The minimum absolute atomic E-state index is 0.167. The lowest BCUT2D eigenvalue weighted by atomic mass is 9.82. The minimum Gasteiger partial charge on any atom is -0.457 e. The van der Waals surface area contributed by atoms with E-state index in [0.29, 0.717) is 22.6 Å². The second-order valence-corrected chi connectivity index (χ2v) is 10.9. The average molecular weight is 504 g/mol. The smallest absolute Gasteiger partial charge is 0.294 e. The van der Waals surface area contributed by atoms with Crippen molar-refractivity contribution < 1.29 is 30.7 Å². The zero-order valence-corrected chi connectivity index (χ0v) is 20.5. The maximum absolute atomic E-state index is 12.3. The summed E-state index contributed by atoms with van der Waals surface area (Å²) in [5.74, 6) is 0.402. The molecule has 0 fully saturated rings. The molecular weight excluding hydrogens is 478 g/mol. The maximum atomic E-state index is 12.3. The van der Waals surface area contributed by atoms with Crippen LogP contribution in [-0.2, 0) is 20.2 Å². The Morgan fingerprint density at radius 1 is 0.794 bits per heavy atom. The number of fused-ring (bicyclic) bond motifs is 2. The van der Waals surface area contributed by atoms with E-state index in [-0.39, 0.29) is 5.56 Å². The first-order chi connectivity index (χ1) is 15.9. The standard InChI is InChI=1S/C24H25NO7S2/c1-4-25(5-2)16-7-10-19-22(13-16)32-21-12-15(3)6-9-18(21)24(19)20-11-8-17(33(26,27)28)14-23(20)34(29,30)31/h6-14,24H,4-5H2,1-3H3,(H,26,27,28)(H,29,30,31). The van der Waals surface area contributed by atoms with Crippen LogP contribution in [0.25, 0.3) is 0 Å². The highest BCUT2D eigenvalue weighted by Crippen LogP contribution is 2.50. The molecule has 180 valence electrons. The molecule has 1 atom stereocenters. The second-order valence-electron chi connectivity index (χ2n) is 8.12. The molecule has 0 saturated carbocycles. The molecule has 0 amide bonds. The molecule has 0 radical (unpaired) electrons. The lowest BCUT2D eigenvalue weighted by Crippen LogP contribution is -2.22. The summed E-state index contributed by atoms with van der Waals surface area (Å²) in [5, 5.41) is 0. The van der Waals surface area contributed by atoms with Crippen molar-refractivity contribution in [1.82, 2.24) is 0 Å². The number of nitrogens with zero attached hydrogens (tertiary/aromatic N) is 1. The van der Waals surface area contributed by atoms with Gasteiger partial charge in [-0.3, -0.25) is 9.11 Å². The van der Waals surface area contributed by atoms with E-state index in [4.69, 9.17) is 4.74 Å². The van der Waals surface area contributed by atoms with E-state index < -0.39 is 35.9 Å². The highest BCUT2D eigenvalue weighted by atomic mass is 32.2. The Morgan fingerprint density at radius 2 is 1.38 bits per heavy atom. The van der Waals surface area contributed by atoms with Gasteiger partial charge in [0.1, 0.15) is 11.5 Å². The SMILES string of the molecule is CCN(CC)c1ccc2c(c1)Oc1cc(C)ccc1C2c1ccc(S(=O)(=O)O)cc1S(=O)(=O)O. The molecule has 0 saturated heterocycles. The van der Waals surface area contributed by atoms with E-state index in [2.05, 4.69) is 4.90 Å². The fourth-order valence-corrected chi connectivity index (χ4v) is 5.70. The van der Waals surface area contributed by atoms with Crippen LogP contribution in [0.3, 0.4) is 0 Å². The number of rotatable bonds is 6. The van der Waals surface area contributed by atoms with E-state index >= 15 is 0 Å². The zero-order chi connectivity index (χ0) is 24.8. The lowest BCUT2D eigenvalue weighted by Gasteiger charge is -2.31. The molecule has 1 heterocycles. The third-order valence-corrected chi connectivity index (χ3v) is 7.77. The first kappa shape index (κ1) is 24.2. The number of aryl methyl sites for hydroxylation is 1. The van der Waals surface area contributed by atoms with Crippen molar-refractivity contribution in [1.29, 1.82) is 0 Å². The molecule has 3 aromatic carbocycles. The quantitative estimate of drug-likeness (QED) is 0.366. The third kappa shape index (κ3) is 4.41. The Balaban J connectivity index is 2.01. The maximum Gasteiger partial charge on any atom is 0.294 e. The van der Waals surface area contributed by atoms with Gasteiger partial charge in [0.05, 0.1) is 9.79 Å². The van der Waals surface area contributed by atoms with Crippen molar-refractivity contribution in [2.45, 2.75) is 36.5 Å². The highest BCUT2D eigenvalue weighted by molar-refractivity contribution is 7.86. The van der Waals surface area contributed by atoms with Crippen LogP contribution in [0, 0.1) is 6.92 Å². The molecule has 1 aliphatic rings. The summed E-state index contributed by atoms with van der Waals surface area (Å²) in [4.78, 5) is 0.923. The Hall–Kier alpha value is -2.92.